The van der Waals surface area contributed by atoms with Crippen LogP contribution in [0, 0.1) is 0 Å². The van der Waals surface area contributed by atoms with Gasteiger partial charge in [0.15, 0.2) is 5.72 Å². The van der Waals surface area contributed by atoms with Gasteiger partial charge in [-0.05, 0) is 43.4 Å². The molecule has 5 rings (SSSR count). The Morgan fingerprint density at radius 1 is 0.969 bits per heavy atom. The number of nitrogens with zero attached hydrogens (tertiary/aromatic N) is 1. The normalized spacial score (nSPS) is 24.7. The van der Waals surface area contributed by atoms with Crippen molar-refractivity contribution in [1.82, 2.24) is 4.90 Å². The first-order chi connectivity index (χ1) is 15.6. The van der Waals surface area contributed by atoms with Crippen LogP contribution in [0.5, 0.6) is 0 Å². The molecule has 1 fully saturated rings. The minimum Gasteiger partial charge on any atom is -0.393 e. The van der Waals surface area contributed by atoms with E-state index in [0.717, 1.165) is 48.2 Å². The van der Waals surface area contributed by atoms with E-state index in [4.69, 9.17) is 16.3 Å². The van der Waals surface area contributed by atoms with Crippen LogP contribution in [0.3, 0.4) is 0 Å². The Morgan fingerprint density at radius 3 is 2.41 bits per heavy atom. The van der Waals surface area contributed by atoms with Gasteiger partial charge in [0, 0.05) is 34.0 Å². The second kappa shape index (κ2) is 8.74. The SMILES string of the molecule is C=C1c2ccccc2C(OC2CCC(O)C2)(c2ccc(Cl)cc2)N1CCc1ccccc1. The van der Waals surface area contributed by atoms with Crippen LogP contribution in [-0.2, 0) is 16.9 Å². The molecule has 0 aromatic heterocycles. The highest BCUT2D eigenvalue weighted by molar-refractivity contribution is 6.30. The van der Waals surface area contributed by atoms with E-state index in [2.05, 4.69) is 72.1 Å². The number of benzene rings is 3. The standard InChI is InChI=1S/C28H28ClNO2/c1-20-26-9-5-6-10-27(26)28(22-11-13-23(29)14-12-22,32-25-16-15-24(31)19-25)30(20)18-17-21-7-3-2-4-8-21/h2-14,24-25,31H,1,15-19H2. The number of fused-ring (bicyclic) bond motifs is 1. The maximum Gasteiger partial charge on any atom is 0.194 e. The van der Waals surface area contributed by atoms with Crippen LogP contribution in [0.2, 0.25) is 5.02 Å². The van der Waals surface area contributed by atoms with Crippen LogP contribution in [0.15, 0.2) is 85.4 Å². The molecule has 0 saturated heterocycles. The van der Waals surface area contributed by atoms with Crippen molar-refractivity contribution in [1.29, 1.82) is 0 Å². The van der Waals surface area contributed by atoms with Crippen molar-refractivity contribution in [2.24, 2.45) is 0 Å². The van der Waals surface area contributed by atoms with Crippen LogP contribution in [0.4, 0.5) is 0 Å². The Hall–Kier alpha value is -2.59. The minimum atomic E-state index is -0.804. The van der Waals surface area contributed by atoms with Gasteiger partial charge < -0.3 is 14.7 Å². The summed E-state index contributed by atoms with van der Waals surface area (Å²) < 4.78 is 7.02. The van der Waals surface area contributed by atoms with E-state index in [-0.39, 0.29) is 12.2 Å². The average Bonchev–Trinajstić information content (AvgIpc) is 3.33. The first-order valence-corrected chi connectivity index (χ1v) is 11.7. The number of ether oxygens (including phenoxy) is 1. The molecular formula is C28H28ClNO2. The fraction of sp³-hybridized carbons (Fsp3) is 0.286. The predicted octanol–water partition coefficient (Wildman–Crippen LogP) is 6.00. The number of rotatable bonds is 6. The van der Waals surface area contributed by atoms with E-state index in [0.29, 0.717) is 11.4 Å². The largest absolute Gasteiger partial charge is 0.393 e. The number of halogens is 1. The fourth-order valence-corrected chi connectivity index (χ4v) is 5.26. The highest BCUT2D eigenvalue weighted by Gasteiger charge is 2.51. The monoisotopic (exact) mass is 445 g/mol. The Bertz CT molecular complexity index is 1100. The molecule has 0 radical (unpaired) electrons. The fourth-order valence-electron chi connectivity index (χ4n) is 5.14. The van der Waals surface area contributed by atoms with Crippen molar-refractivity contribution >= 4 is 17.3 Å². The second-order valence-corrected chi connectivity index (χ2v) is 9.17. The summed E-state index contributed by atoms with van der Waals surface area (Å²) >= 11 is 6.25. The van der Waals surface area contributed by atoms with Crippen LogP contribution in [-0.4, -0.2) is 28.8 Å². The molecule has 0 spiro atoms. The molecule has 3 nitrogen and oxygen atoms in total. The van der Waals surface area contributed by atoms with Gasteiger partial charge in [-0.25, -0.2) is 0 Å². The van der Waals surface area contributed by atoms with Gasteiger partial charge in [0.2, 0.25) is 0 Å². The summed E-state index contributed by atoms with van der Waals surface area (Å²) in [6.07, 6.45) is 2.81. The summed E-state index contributed by atoms with van der Waals surface area (Å²) in [6.45, 7) is 5.25. The predicted molar refractivity (Wildman–Crippen MR) is 129 cm³/mol. The van der Waals surface area contributed by atoms with Gasteiger partial charge >= 0.3 is 0 Å². The van der Waals surface area contributed by atoms with Crippen LogP contribution >= 0.6 is 11.6 Å². The molecule has 32 heavy (non-hydrogen) atoms. The Labute approximate surface area is 194 Å². The molecule has 2 aliphatic rings. The molecule has 4 heteroatoms. The van der Waals surface area contributed by atoms with Crippen LogP contribution in [0.25, 0.3) is 5.70 Å². The van der Waals surface area contributed by atoms with E-state index in [9.17, 15) is 5.11 Å². The molecule has 1 aliphatic carbocycles. The van der Waals surface area contributed by atoms with E-state index in [1.54, 1.807) is 0 Å². The number of aliphatic hydroxyl groups excluding tert-OH is 1. The zero-order valence-corrected chi connectivity index (χ0v) is 18.8. The van der Waals surface area contributed by atoms with E-state index < -0.39 is 5.72 Å². The average molecular weight is 446 g/mol. The summed E-state index contributed by atoms with van der Waals surface area (Å²) in [5, 5.41) is 10.9. The van der Waals surface area contributed by atoms with Gasteiger partial charge in [-0.3, -0.25) is 0 Å². The van der Waals surface area contributed by atoms with Crippen molar-refractivity contribution in [3.63, 3.8) is 0 Å². The lowest BCUT2D eigenvalue weighted by Gasteiger charge is -2.43. The summed E-state index contributed by atoms with van der Waals surface area (Å²) in [4.78, 5) is 2.30. The Morgan fingerprint density at radius 2 is 1.69 bits per heavy atom. The number of hydrogen-bond donors (Lipinski definition) is 1. The van der Waals surface area contributed by atoms with Gasteiger partial charge in [-0.15, -0.1) is 0 Å². The van der Waals surface area contributed by atoms with Crippen molar-refractivity contribution in [3.8, 4) is 0 Å². The van der Waals surface area contributed by atoms with Gasteiger partial charge in [0.05, 0.1) is 12.2 Å². The van der Waals surface area contributed by atoms with Gasteiger partial charge in [0.25, 0.3) is 0 Å². The van der Waals surface area contributed by atoms with E-state index in [1.165, 1.54) is 5.56 Å². The first kappa shape index (κ1) is 21.3. The van der Waals surface area contributed by atoms with Crippen LogP contribution in [0.1, 0.15) is 41.5 Å². The lowest BCUT2D eigenvalue weighted by Crippen LogP contribution is -2.47. The smallest absolute Gasteiger partial charge is 0.194 e. The minimum absolute atomic E-state index is 0.0288. The lowest BCUT2D eigenvalue weighted by molar-refractivity contribution is -0.140. The zero-order valence-electron chi connectivity index (χ0n) is 18.1. The highest BCUT2D eigenvalue weighted by atomic mass is 35.5. The Balaban J connectivity index is 1.62. The maximum atomic E-state index is 10.2. The molecule has 0 amide bonds. The lowest BCUT2D eigenvalue weighted by atomic mass is 9.92. The number of aliphatic hydroxyl groups is 1. The molecule has 1 aliphatic heterocycles. The quantitative estimate of drug-likeness (QED) is 0.505. The molecule has 3 aromatic rings. The third kappa shape index (κ3) is 3.75. The molecule has 0 bridgehead atoms. The Kier molecular flexibility index (Phi) is 5.81. The first-order valence-electron chi connectivity index (χ1n) is 11.3. The maximum absolute atomic E-state index is 10.2. The second-order valence-electron chi connectivity index (χ2n) is 8.74. The van der Waals surface area contributed by atoms with E-state index in [1.807, 2.05) is 18.2 Å². The molecule has 3 aromatic carbocycles. The van der Waals surface area contributed by atoms with Crippen LogP contribution < -0.4 is 0 Å². The summed E-state index contributed by atoms with van der Waals surface area (Å²) in [5.41, 5.74) is 4.67. The van der Waals surface area contributed by atoms with Gasteiger partial charge in [0.1, 0.15) is 0 Å². The van der Waals surface area contributed by atoms with Crippen molar-refractivity contribution in [2.45, 2.75) is 43.6 Å². The molecule has 3 unspecified atom stereocenters. The number of hydrogen-bond acceptors (Lipinski definition) is 3. The topological polar surface area (TPSA) is 32.7 Å². The zero-order chi connectivity index (χ0) is 22.1. The van der Waals surface area contributed by atoms with E-state index >= 15 is 0 Å². The van der Waals surface area contributed by atoms with Crippen molar-refractivity contribution in [2.75, 3.05) is 6.54 Å². The molecule has 1 saturated carbocycles. The highest BCUT2D eigenvalue weighted by Crippen LogP contribution is 2.51. The molecule has 1 heterocycles. The molecular weight excluding hydrogens is 418 g/mol. The molecule has 3 atom stereocenters. The molecule has 1 N–H and O–H groups in total. The van der Waals surface area contributed by atoms with Crippen molar-refractivity contribution in [3.05, 3.63) is 113 Å². The third-order valence-corrected chi connectivity index (χ3v) is 6.96. The summed E-state index contributed by atoms with van der Waals surface area (Å²) in [5.74, 6) is 0. The van der Waals surface area contributed by atoms with Gasteiger partial charge in [-0.1, -0.05) is 84.9 Å². The van der Waals surface area contributed by atoms with Gasteiger partial charge in [-0.2, -0.15) is 0 Å². The third-order valence-electron chi connectivity index (χ3n) is 6.71. The van der Waals surface area contributed by atoms with Crippen molar-refractivity contribution < 1.29 is 9.84 Å². The summed E-state index contributed by atoms with van der Waals surface area (Å²) in [7, 11) is 0. The molecule has 164 valence electrons. The summed E-state index contributed by atoms with van der Waals surface area (Å²) in [6, 6.07) is 26.8.